The summed E-state index contributed by atoms with van der Waals surface area (Å²) >= 11 is 5.92. The van der Waals surface area contributed by atoms with Gasteiger partial charge in [0, 0.05) is 24.4 Å². The second-order valence-electron chi connectivity index (χ2n) is 7.12. The van der Waals surface area contributed by atoms with Crippen molar-refractivity contribution in [1.29, 1.82) is 0 Å². The fourth-order valence-corrected chi connectivity index (χ4v) is 4.60. The molecule has 3 nitrogen and oxygen atoms in total. The number of rotatable bonds is 4. The first-order chi connectivity index (χ1) is 12.8. The lowest BCUT2D eigenvalue weighted by Gasteiger charge is -2.35. The maximum absolute atomic E-state index is 12.7. The number of amides is 1. The fourth-order valence-electron chi connectivity index (χ4n) is 4.34. The summed E-state index contributed by atoms with van der Waals surface area (Å²) in [6, 6.07) is 17.0. The fraction of sp³-hybridized carbons (Fsp3) is 0.409. The van der Waals surface area contributed by atoms with Crippen molar-refractivity contribution >= 4 is 17.7 Å². The molecule has 1 saturated heterocycles. The smallest absolute Gasteiger partial charge is 0.410 e. The van der Waals surface area contributed by atoms with E-state index < -0.39 is 0 Å². The molecule has 1 amide bonds. The molecule has 0 aromatic heterocycles. The molecule has 136 valence electrons. The van der Waals surface area contributed by atoms with Gasteiger partial charge in [-0.15, -0.1) is 11.6 Å². The molecule has 4 heteroatoms. The van der Waals surface area contributed by atoms with Crippen LogP contribution in [0.2, 0.25) is 0 Å². The van der Waals surface area contributed by atoms with Crippen LogP contribution in [-0.2, 0) is 4.74 Å². The molecule has 4 rings (SSSR count). The second kappa shape index (κ2) is 7.71. The van der Waals surface area contributed by atoms with E-state index in [1.807, 2.05) is 4.90 Å². The van der Waals surface area contributed by atoms with E-state index in [9.17, 15) is 4.79 Å². The van der Waals surface area contributed by atoms with Crippen LogP contribution in [0.1, 0.15) is 42.7 Å². The first-order valence-corrected chi connectivity index (χ1v) is 10.0. The number of halogens is 1. The van der Waals surface area contributed by atoms with Gasteiger partial charge < -0.3 is 9.64 Å². The number of benzene rings is 2. The standard InChI is InChI=1S/C22H24ClNO2/c23-13-12-16-7-5-6-14-24(16)22(25)26-15-21-19-10-3-1-8-17(19)18-9-2-4-11-20(18)21/h1-4,8-11,16,21H,5-7,12-15H2/t16-/m1/s1. The van der Waals surface area contributed by atoms with E-state index >= 15 is 0 Å². The molecule has 1 fully saturated rings. The number of carbonyl (C=O) groups is 1. The van der Waals surface area contributed by atoms with Crippen molar-refractivity contribution in [2.24, 2.45) is 0 Å². The minimum absolute atomic E-state index is 0.114. The Morgan fingerprint density at radius 3 is 2.35 bits per heavy atom. The highest BCUT2D eigenvalue weighted by molar-refractivity contribution is 6.17. The van der Waals surface area contributed by atoms with Crippen molar-refractivity contribution < 1.29 is 9.53 Å². The van der Waals surface area contributed by atoms with Crippen molar-refractivity contribution in [2.75, 3.05) is 19.0 Å². The van der Waals surface area contributed by atoms with Crippen LogP contribution in [0.15, 0.2) is 48.5 Å². The molecule has 0 spiro atoms. The maximum atomic E-state index is 12.7. The molecular formula is C22H24ClNO2. The zero-order valence-corrected chi connectivity index (χ0v) is 15.6. The largest absolute Gasteiger partial charge is 0.448 e. The van der Waals surface area contributed by atoms with Crippen LogP contribution in [0.4, 0.5) is 4.79 Å². The van der Waals surface area contributed by atoms with Gasteiger partial charge in [-0.2, -0.15) is 0 Å². The van der Waals surface area contributed by atoms with Gasteiger partial charge in [0.2, 0.25) is 0 Å². The lowest BCUT2D eigenvalue weighted by molar-refractivity contribution is 0.0705. The van der Waals surface area contributed by atoms with Crippen LogP contribution in [0.25, 0.3) is 11.1 Å². The zero-order chi connectivity index (χ0) is 17.9. The summed E-state index contributed by atoms with van der Waals surface area (Å²) in [6.07, 6.45) is 3.88. The molecule has 2 aromatic carbocycles. The Balaban J connectivity index is 1.50. The van der Waals surface area contributed by atoms with Crippen molar-refractivity contribution in [3.05, 3.63) is 59.7 Å². The second-order valence-corrected chi connectivity index (χ2v) is 7.50. The predicted molar refractivity (Wildman–Crippen MR) is 105 cm³/mol. The molecule has 0 radical (unpaired) electrons. The minimum Gasteiger partial charge on any atom is -0.448 e. The number of hydrogen-bond acceptors (Lipinski definition) is 2. The third kappa shape index (κ3) is 3.21. The van der Waals surface area contributed by atoms with E-state index in [1.54, 1.807) is 0 Å². The summed E-state index contributed by atoms with van der Waals surface area (Å²) in [4.78, 5) is 14.6. The van der Waals surface area contributed by atoms with Crippen LogP contribution in [0.5, 0.6) is 0 Å². The Morgan fingerprint density at radius 1 is 1.04 bits per heavy atom. The Labute approximate surface area is 159 Å². The normalized spacial score (nSPS) is 19.1. The van der Waals surface area contributed by atoms with E-state index in [4.69, 9.17) is 16.3 Å². The van der Waals surface area contributed by atoms with Crippen LogP contribution >= 0.6 is 11.6 Å². The van der Waals surface area contributed by atoms with Crippen LogP contribution < -0.4 is 0 Å². The Bertz CT molecular complexity index is 744. The zero-order valence-electron chi connectivity index (χ0n) is 14.9. The van der Waals surface area contributed by atoms with Crippen molar-refractivity contribution in [3.63, 3.8) is 0 Å². The number of fused-ring (bicyclic) bond motifs is 3. The summed E-state index contributed by atoms with van der Waals surface area (Å²) in [5, 5.41) is 0. The molecular weight excluding hydrogens is 346 g/mol. The van der Waals surface area contributed by atoms with Gasteiger partial charge in [0.15, 0.2) is 0 Å². The number of nitrogens with zero attached hydrogens (tertiary/aromatic N) is 1. The van der Waals surface area contributed by atoms with Crippen LogP contribution in [0.3, 0.4) is 0 Å². The third-order valence-corrected chi connectivity index (χ3v) is 5.86. The molecule has 0 unspecified atom stereocenters. The average molecular weight is 370 g/mol. The molecule has 1 aliphatic heterocycles. The quantitative estimate of drug-likeness (QED) is 0.673. The number of hydrogen-bond donors (Lipinski definition) is 0. The van der Waals surface area contributed by atoms with Gasteiger partial charge >= 0.3 is 6.09 Å². The van der Waals surface area contributed by atoms with Gasteiger partial charge in [-0.25, -0.2) is 4.79 Å². The highest BCUT2D eigenvalue weighted by Gasteiger charge is 2.31. The van der Waals surface area contributed by atoms with Crippen molar-refractivity contribution in [3.8, 4) is 11.1 Å². The molecule has 26 heavy (non-hydrogen) atoms. The summed E-state index contributed by atoms with van der Waals surface area (Å²) < 4.78 is 5.80. The molecule has 1 heterocycles. The van der Waals surface area contributed by atoms with E-state index in [1.165, 1.54) is 22.3 Å². The number of piperidine rings is 1. The van der Waals surface area contributed by atoms with E-state index in [0.717, 1.165) is 32.2 Å². The maximum Gasteiger partial charge on any atom is 0.410 e. The topological polar surface area (TPSA) is 29.5 Å². The van der Waals surface area contributed by atoms with E-state index in [2.05, 4.69) is 48.5 Å². The predicted octanol–water partition coefficient (Wildman–Crippen LogP) is 5.42. The van der Waals surface area contributed by atoms with Crippen LogP contribution in [-0.4, -0.2) is 36.1 Å². The molecule has 1 atom stereocenters. The number of alkyl halides is 1. The first-order valence-electron chi connectivity index (χ1n) is 9.47. The Kier molecular flexibility index (Phi) is 5.16. The van der Waals surface area contributed by atoms with E-state index in [-0.39, 0.29) is 18.1 Å². The SMILES string of the molecule is O=C(OCC1c2ccccc2-c2ccccc21)N1CCCC[C@@H]1CCCl. The monoisotopic (exact) mass is 369 g/mol. The molecule has 0 bridgehead atoms. The molecule has 1 aliphatic carbocycles. The number of ether oxygens (including phenoxy) is 1. The minimum atomic E-state index is -0.193. The lowest BCUT2D eigenvalue weighted by Crippen LogP contribution is -2.44. The van der Waals surface area contributed by atoms with Crippen molar-refractivity contribution in [1.82, 2.24) is 4.90 Å². The summed E-state index contributed by atoms with van der Waals surface area (Å²) in [6.45, 7) is 1.16. The van der Waals surface area contributed by atoms with Gasteiger partial charge in [-0.1, -0.05) is 48.5 Å². The summed E-state index contributed by atoms with van der Waals surface area (Å²) in [5.41, 5.74) is 5.00. The van der Waals surface area contributed by atoms with Gasteiger partial charge in [-0.3, -0.25) is 0 Å². The molecule has 2 aliphatic rings. The number of likely N-dealkylation sites (tertiary alicyclic amines) is 1. The van der Waals surface area contributed by atoms with E-state index in [0.29, 0.717) is 12.5 Å². The average Bonchev–Trinajstić information content (AvgIpc) is 3.01. The van der Waals surface area contributed by atoms with Crippen molar-refractivity contribution in [2.45, 2.75) is 37.6 Å². The highest BCUT2D eigenvalue weighted by atomic mass is 35.5. The van der Waals surface area contributed by atoms with Gasteiger partial charge in [-0.05, 0) is 47.9 Å². The lowest BCUT2D eigenvalue weighted by atomic mass is 9.98. The van der Waals surface area contributed by atoms with Gasteiger partial charge in [0.25, 0.3) is 0 Å². The molecule has 0 saturated carbocycles. The summed E-state index contributed by atoms with van der Waals surface area (Å²) in [7, 11) is 0. The molecule has 2 aromatic rings. The summed E-state index contributed by atoms with van der Waals surface area (Å²) in [5.74, 6) is 0.695. The van der Waals surface area contributed by atoms with Gasteiger partial charge in [0.1, 0.15) is 6.61 Å². The Hall–Kier alpha value is -2.00. The number of carbonyl (C=O) groups excluding carboxylic acids is 1. The van der Waals surface area contributed by atoms with Gasteiger partial charge in [0.05, 0.1) is 0 Å². The molecule has 0 N–H and O–H groups in total. The highest BCUT2D eigenvalue weighted by Crippen LogP contribution is 2.44. The first kappa shape index (κ1) is 17.4. The third-order valence-electron chi connectivity index (χ3n) is 5.64. The Morgan fingerprint density at radius 2 is 1.69 bits per heavy atom. The van der Waals surface area contributed by atoms with Crippen LogP contribution in [0, 0.1) is 0 Å².